The first-order chi connectivity index (χ1) is 9.94. The van der Waals surface area contributed by atoms with Crippen LogP contribution in [0, 0.1) is 5.92 Å². The maximum absolute atomic E-state index is 12.3. The van der Waals surface area contributed by atoms with Crippen molar-refractivity contribution < 1.29 is 14.7 Å². The Labute approximate surface area is 128 Å². The fourth-order valence-electron chi connectivity index (χ4n) is 3.10. The standard InChI is InChI=1S/C16H30N2O3/c1-5-12-8-9-18(14(10-12)16(20)21)11(4)15(19)17-13(6-2)7-3/h11-14H,5-10H2,1-4H3,(H,17,19)(H,20,21). The molecule has 0 aromatic heterocycles. The number of hydrogen-bond donors (Lipinski definition) is 2. The Kier molecular flexibility index (Phi) is 7.15. The van der Waals surface area contributed by atoms with Crippen LogP contribution in [0.15, 0.2) is 0 Å². The smallest absolute Gasteiger partial charge is 0.320 e. The second-order valence-corrected chi connectivity index (χ2v) is 6.09. The van der Waals surface area contributed by atoms with Crippen LogP contribution in [-0.4, -0.2) is 46.6 Å². The van der Waals surface area contributed by atoms with Gasteiger partial charge < -0.3 is 10.4 Å². The van der Waals surface area contributed by atoms with Gasteiger partial charge in [-0.15, -0.1) is 0 Å². The van der Waals surface area contributed by atoms with Crippen LogP contribution in [0.1, 0.15) is 59.8 Å². The second-order valence-electron chi connectivity index (χ2n) is 6.09. The number of aliphatic carboxylic acids is 1. The van der Waals surface area contributed by atoms with Crippen molar-refractivity contribution in [3.8, 4) is 0 Å². The van der Waals surface area contributed by atoms with Gasteiger partial charge in [-0.25, -0.2) is 0 Å². The van der Waals surface area contributed by atoms with Gasteiger partial charge in [-0.3, -0.25) is 14.5 Å². The summed E-state index contributed by atoms with van der Waals surface area (Å²) in [6, 6.07) is -0.743. The van der Waals surface area contributed by atoms with Crippen LogP contribution in [0.25, 0.3) is 0 Å². The van der Waals surface area contributed by atoms with Gasteiger partial charge in [0, 0.05) is 12.6 Å². The van der Waals surface area contributed by atoms with Crippen LogP contribution in [-0.2, 0) is 9.59 Å². The van der Waals surface area contributed by atoms with Gasteiger partial charge in [0.15, 0.2) is 0 Å². The number of carboxylic acids is 1. The fourth-order valence-corrected chi connectivity index (χ4v) is 3.10. The summed E-state index contributed by atoms with van der Waals surface area (Å²) in [6.07, 6.45) is 4.42. The van der Waals surface area contributed by atoms with E-state index in [1.54, 1.807) is 0 Å². The summed E-state index contributed by atoms with van der Waals surface area (Å²) < 4.78 is 0. The molecule has 0 saturated carbocycles. The van der Waals surface area contributed by atoms with Crippen LogP contribution in [0.3, 0.4) is 0 Å². The molecule has 3 unspecified atom stereocenters. The van der Waals surface area contributed by atoms with E-state index in [0.29, 0.717) is 18.9 Å². The molecule has 0 radical (unpaired) electrons. The number of rotatable bonds is 7. The highest BCUT2D eigenvalue weighted by atomic mass is 16.4. The summed E-state index contributed by atoms with van der Waals surface area (Å²) >= 11 is 0. The lowest BCUT2D eigenvalue weighted by molar-refractivity contribution is -0.148. The normalized spacial score (nSPS) is 24.8. The van der Waals surface area contributed by atoms with Gasteiger partial charge >= 0.3 is 5.97 Å². The number of carboxylic acid groups (broad SMARTS) is 1. The Hall–Kier alpha value is -1.10. The summed E-state index contributed by atoms with van der Waals surface area (Å²) in [5.41, 5.74) is 0. The average Bonchev–Trinajstić information content (AvgIpc) is 2.50. The topological polar surface area (TPSA) is 69.6 Å². The molecule has 0 spiro atoms. The first-order valence-electron chi connectivity index (χ1n) is 8.23. The molecule has 21 heavy (non-hydrogen) atoms. The maximum Gasteiger partial charge on any atom is 0.320 e. The third kappa shape index (κ3) is 4.70. The molecule has 0 aromatic carbocycles. The molecule has 0 aliphatic carbocycles. The highest BCUT2D eigenvalue weighted by Gasteiger charge is 2.37. The molecule has 1 heterocycles. The lowest BCUT2D eigenvalue weighted by atomic mass is 9.88. The Morgan fingerprint density at radius 2 is 1.90 bits per heavy atom. The highest BCUT2D eigenvalue weighted by molar-refractivity contribution is 5.83. The van der Waals surface area contributed by atoms with Gasteiger partial charge in [0.05, 0.1) is 6.04 Å². The van der Waals surface area contributed by atoms with Crippen LogP contribution < -0.4 is 5.32 Å². The molecule has 1 saturated heterocycles. The van der Waals surface area contributed by atoms with Crippen LogP contribution >= 0.6 is 0 Å². The fraction of sp³-hybridized carbons (Fsp3) is 0.875. The number of nitrogens with zero attached hydrogens (tertiary/aromatic N) is 1. The summed E-state index contributed by atoms with van der Waals surface area (Å²) in [6.45, 7) is 8.70. The Balaban J connectivity index is 2.72. The molecular formula is C16H30N2O3. The van der Waals surface area contributed by atoms with Crippen molar-refractivity contribution in [2.45, 2.75) is 77.9 Å². The van der Waals surface area contributed by atoms with E-state index in [2.05, 4.69) is 12.2 Å². The van der Waals surface area contributed by atoms with Crippen molar-refractivity contribution in [1.29, 1.82) is 0 Å². The van der Waals surface area contributed by atoms with Crippen LogP contribution in [0.5, 0.6) is 0 Å². The third-order valence-corrected chi connectivity index (χ3v) is 4.82. The minimum atomic E-state index is -0.810. The number of carbonyl (C=O) groups is 2. The predicted molar refractivity (Wildman–Crippen MR) is 83.1 cm³/mol. The zero-order chi connectivity index (χ0) is 16.0. The van der Waals surface area contributed by atoms with Gasteiger partial charge in [-0.2, -0.15) is 0 Å². The number of amides is 1. The van der Waals surface area contributed by atoms with Crippen molar-refractivity contribution in [3.05, 3.63) is 0 Å². The van der Waals surface area contributed by atoms with Crippen molar-refractivity contribution in [3.63, 3.8) is 0 Å². The number of carbonyl (C=O) groups excluding carboxylic acids is 1. The molecular weight excluding hydrogens is 268 g/mol. The SMILES string of the molecule is CCC1CCN(C(C)C(=O)NC(CC)CC)C(C(=O)O)C1. The first kappa shape index (κ1) is 18.0. The van der Waals surface area contributed by atoms with E-state index in [-0.39, 0.29) is 18.0 Å². The molecule has 0 aromatic rings. The monoisotopic (exact) mass is 298 g/mol. The van der Waals surface area contributed by atoms with E-state index >= 15 is 0 Å². The molecule has 1 aliphatic heterocycles. The van der Waals surface area contributed by atoms with E-state index in [4.69, 9.17) is 0 Å². The van der Waals surface area contributed by atoms with Gasteiger partial charge in [0.25, 0.3) is 0 Å². The summed E-state index contributed by atoms with van der Waals surface area (Å²) in [5, 5.41) is 12.5. The molecule has 0 bridgehead atoms. The molecule has 122 valence electrons. The van der Waals surface area contributed by atoms with Gasteiger partial charge in [-0.05, 0) is 38.5 Å². The third-order valence-electron chi connectivity index (χ3n) is 4.82. The number of hydrogen-bond acceptors (Lipinski definition) is 3. The van der Waals surface area contributed by atoms with E-state index in [9.17, 15) is 14.7 Å². The van der Waals surface area contributed by atoms with Crippen molar-refractivity contribution in [2.24, 2.45) is 5.92 Å². The van der Waals surface area contributed by atoms with Gasteiger partial charge in [0.1, 0.15) is 6.04 Å². The molecule has 1 fully saturated rings. The molecule has 2 N–H and O–H groups in total. The zero-order valence-corrected chi connectivity index (χ0v) is 13.8. The molecule has 5 heteroatoms. The largest absolute Gasteiger partial charge is 0.480 e. The van der Waals surface area contributed by atoms with E-state index in [0.717, 1.165) is 25.7 Å². The molecule has 1 amide bonds. The number of likely N-dealkylation sites (tertiary alicyclic amines) is 1. The lowest BCUT2D eigenvalue weighted by Crippen LogP contribution is -2.56. The zero-order valence-electron chi connectivity index (χ0n) is 13.8. The maximum atomic E-state index is 12.3. The average molecular weight is 298 g/mol. The minimum Gasteiger partial charge on any atom is -0.480 e. The van der Waals surface area contributed by atoms with Crippen LogP contribution in [0.2, 0.25) is 0 Å². The molecule has 1 aliphatic rings. The van der Waals surface area contributed by atoms with Crippen molar-refractivity contribution in [1.82, 2.24) is 10.2 Å². The van der Waals surface area contributed by atoms with Gasteiger partial charge in [-0.1, -0.05) is 27.2 Å². The van der Waals surface area contributed by atoms with E-state index in [1.807, 2.05) is 25.7 Å². The van der Waals surface area contributed by atoms with Crippen molar-refractivity contribution in [2.75, 3.05) is 6.54 Å². The van der Waals surface area contributed by atoms with Gasteiger partial charge in [0.2, 0.25) is 5.91 Å². The Morgan fingerprint density at radius 3 is 2.38 bits per heavy atom. The summed E-state index contributed by atoms with van der Waals surface area (Å²) in [5.74, 6) is -0.406. The van der Waals surface area contributed by atoms with Crippen molar-refractivity contribution >= 4 is 11.9 Å². The number of piperidine rings is 1. The first-order valence-corrected chi connectivity index (χ1v) is 8.23. The molecule has 5 nitrogen and oxygen atoms in total. The highest BCUT2D eigenvalue weighted by Crippen LogP contribution is 2.27. The van der Waals surface area contributed by atoms with Crippen LogP contribution in [0.4, 0.5) is 0 Å². The lowest BCUT2D eigenvalue weighted by Gasteiger charge is -2.40. The Bertz CT molecular complexity index is 355. The quantitative estimate of drug-likeness (QED) is 0.756. The Morgan fingerprint density at radius 1 is 1.29 bits per heavy atom. The van der Waals surface area contributed by atoms with E-state index in [1.165, 1.54) is 0 Å². The number of nitrogens with one attached hydrogen (secondary N) is 1. The van der Waals surface area contributed by atoms with E-state index < -0.39 is 12.0 Å². The second kappa shape index (κ2) is 8.37. The molecule has 3 atom stereocenters. The summed E-state index contributed by atoms with van der Waals surface area (Å²) in [4.78, 5) is 25.7. The predicted octanol–water partition coefficient (Wildman–Crippen LogP) is 2.25. The summed E-state index contributed by atoms with van der Waals surface area (Å²) in [7, 11) is 0. The molecule has 1 rings (SSSR count). The minimum absolute atomic E-state index is 0.0510.